The van der Waals surface area contributed by atoms with Crippen LogP contribution in [0.25, 0.3) is 0 Å². The number of esters is 1. The maximum atomic E-state index is 11.3. The number of ether oxygens (including phenoxy) is 1. The van der Waals surface area contributed by atoms with Crippen molar-refractivity contribution < 1.29 is 9.53 Å². The van der Waals surface area contributed by atoms with Crippen LogP contribution in [-0.2, 0) is 9.53 Å². The first-order valence-electron chi connectivity index (χ1n) is 8.53. The van der Waals surface area contributed by atoms with Gasteiger partial charge in [-0.1, -0.05) is 88.7 Å². The molecule has 0 spiro atoms. The minimum atomic E-state index is -0.202. The van der Waals surface area contributed by atoms with E-state index in [-0.39, 0.29) is 11.2 Å². The van der Waals surface area contributed by atoms with E-state index < -0.39 is 0 Å². The molecule has 130 valence electrons. The zero-order chi connectivity index (χ0) is 16.6. The number of thioether (sulfide) groups is 2. The molecular formula is C17H32O2S3. The van der Waals surface area contributed by atoms with Gasteiger partial charge in [-0.05, 0) is 19.1 Å². The molecule has 0 saturated heterocycles. The van der Waals surface area contributed by atoms with E-state index in [1.54, 1.807) is 11.8 Å². The summed E-state index contributed by atoms with van der Waals surface area (Å²) in [5, 5.41) is -0.197. The third kappa shape index (κ3) is 13.9. The fourth-order valence-electron chi connectivity index (χ4n) is 2.14. The Morgan fingerprint density at radius 2 is 1.50 bits per heavy atom. The van der Waals surface area contributed by atoms with Gasteiger partial charge in [0.05, 0.1) is 7.11 Å². The van der Waals surface area contributed by atoms with Gasteiger partial charge in [-0.15, -0.1) is 11.8 Å². The summed E-state index contributed by atoms with van der Waals surface area (Å²) in [5.74, 6) is 0.864. The molecule has 0 saturated carbocycles. The van der Waals surface area contributed by atoms with E-state index in [1.165, 1.54) is 83.1 Å². The summed E-state index contributed by atoms with van der Waals surface area (Å²) in [5.41, 5.74) is 0. The number of carbonyl (C=O) groups is 1. The second kappa shape index (κ2) is 16.1. The average molecular weight is 365 g/mol. The fourth-order valence-corrected chi connectivity index (χ4v) is 4.77. The largest absolute Gasteiger partial charge is 0.468 e. The minimum Gasteiger partial charge on any atom is -0.468 e. The Labute approximate surface area is 150 Å². The van der Waals surface area contributed by atoms with Crippen molar-refractivity contribution >= 4 is 45.2 Å². The van der Waals surface area contributed by atoms with E-state index in [0.717, 1.165) is 9.28 Å². The predicted molar refractivity (Wildman–Crippen MR) is 106 cm³/mol. The van der Waals surface area contributed by atoms with Crippen molar-refractivity contribution in [3.05, 3.63) is 0 Å². The van der Waals surface area contributed by atoms with Gasteiger partial charge < -0.3 is 4.74 Å². The summed E-state index contributed by atoms with van der Waals surface area (Å²) in [7, 11) is 1.42. The Balaban J connectivity index is 3.32. The standard InChI is InChI=1S/C17H32O2S3/c1-4-5-6-7-8-9-10-11-12-13-14-21-17(20)22-15(2)16(18)19-3/h15H,4-14H2,1-3H3. The van der Waals surface area contributed by atoms with Gasteiger partial charge in [0.2, 0.25) is 0 Å². The lowest BCUT2D eigenvalue weighted by molar-refractivity contribution is -0.139. The molecule has 0 radical (unpaired) electrons. The van der Waals surface area contributed by atoms with Crippen LogP contribution in [0.1, 0.15) is 78.1 Å². The van der Waals surface area contributed by atoms with E-state index >= 15 is 0 Å². The third-order valence-electron chi connectivity index (χ3n) is 3.52. The molecule has 0 fully saturated rings. The molecule has 0 aliphatic rings. The molecule has 0 bridgehead atoms. The molecule has 1 atom stereocenters. The van der Waals surface area contributed by atoms with Crippen molar-refractivity contribution in [3.63, 3.8) is 0 Å². The van der Waals surface area contributed by atoms with Crippen LogP contribution in [-0.4, -0.2) is 27.6 Å². The van der Waals surface area contributed by atoms with E-state index in [9.17, 15) is 4.79 Å². The second-order valence-electron chi connectivity index (χ2n) is 5.56. The first kappa shape index (κ1) is 22.3. The molecular weight excluding hydrogens is 332 g/mol. The number of rotatable bonds is 13. The Morgan fingerprint density at radius 1 is 1.00 bits per heavy atom. The van der Waals surface area contributed by atoms with E-state index in [0.29, 0.717) is 0 Å². The highest BCUT2D eigenvalue weighted by molar-refractivity contribution is 8.47. The highest BCUT2D eigenvalue weighted by atomic mass is 32.2. The number of thiocarbonyl (C=S) groups is 1. The monoisotopic (exact) mass is 364 g/mol. The van der Waals surface area contributed by atoms with Gasteiger partial charge in [-0.2, -0.15) is 0 Å². The smallest absolute Gasteiger partial charge is 0.318 e. The predicted octanol–water partition coefficient (Wildman–Crippen LogP) is 6.22. The van der Waals surface area contributed by atoms with Crippen molar-refractivity contribution in [1.29, 1.82) is 0 Å². The molecule has 0 amide bonds. The molecule has 0 aliphatic carbocycles. The molecule has 0 aliphatic heterocycles. The maximum Gasteiger partial charge on any atom is 0.318 e. The summed E-state index contributed by atoms with van der Waals surface area (Å²) < 4.78 is 5.55. The van der Waals surface area contributed by atoms with Gasteiger partial charge in [0, 0.05) is 0 Å². The van der Waals surface area contributed by atoms with Crippen LogP contribution in [0.3, 0.4) is 0 Å². The van der Waals surface area contributed by atoms with Gasteiger partial charge in [-0.3, -0.25) is 4.79 Å². The molecule has 0 aromatic heterocycles. The summed E-state index contributed by atoms with van der Waals surface area (Å²) in [6.45, 7) is 4.10. The zero-order valence-electron chi connectivity index (χ0n) is 14.4. The lowest BCUT2D eigenvalue weighted by atomic mass is 10.1. The van der Waals surface area contributed by atoms with Crippen LogP contribution < -0.4 is 0 Å². The van der Waals surface area contributed by atoms with Gasteiger partial charge in [-0.25, -0.2) is 0 Å². The molecule has 0 rings (SSSR count). The summed E-state index contributed by atoms with van der Waals surface area (Å²) in [4.78, 5) is 11.3. The van der Waals surface area contributed by atoms with Crippen LogP contribution in [0.5, 0.6) is 0 Å². The van der Waals surface area contributed by atoms with E-state index in [4.69, 9.17) is 17.0 Å². The lowest BCUT2D eigenvalue weighted by Gasteiger charge is -2.09. The Hall–Kier alpha value is 0.260. The molecule has 0 heterocycles. The Bertz CT molecular complexity index is 296. The van der Waals surface area contributed by atoms with Gasteiger partial charge >= 0.3 is 5.97 Å². The molecule has 5 heteroatoms. The lowest BCUT2D eigenvalue weighted by Crippen LogP contribution is -2.15. The number of hydrogen-bond acceptors (Lipinski definition) is 5. The summed E-state index contributed by atoms with van der Waals surface area (Å²) >= 11 is 8.42. The van der Waals surface area contributed by atoms with Crippen LogP contribution in [0.2, 0.25) is 0 Å². The summed E-state index contributed by atoms with van der Waals surface area (Å²) in [6.07, 6.45) is 13.6. The molecule has 22 heavy (non-hydrogen) atoms. The van der Waals surface area contributed by atoms with E-state index in [2.05, 4.69) is 6.92 Å². The van der Waals surface area contributed by atoms with Crippen molar-refractivity contribution in [2.45, 2.75) is 83.3 Å². The zero-order valence-corrected chi connectivity index (χ0v) is 16.8. The quantitative estimate of drug-likeness (QED) is 0.219. The topological polar surface area (TPSA) is 26.3 Å². The van der Waals surface area contributed by atoms with Gasteiger partial charge in [0.15, 0.2) is 0 Å². The molecule has 2 nitrogen and oxygen atoms in total. The van der Waals surface area contributed by atoms with Crippen molar-refractivity contribution in [2.24, 2.45) is 0 Å². The van der Waals surface area contributed by atoms with Crippen molar-refractivity contribution in [3.8, 4) is 0 Å². The van der Waals surface area contributed by atoms with Gasteiger partial charge in [0.25, 0.3) is 0 Å². The number of methoxy groups -OCH3 is 1. The normalized spacial score (nSPS) is 12.1. The first-order chi connectivity index (χ1) is 10.6. The van der Waals surface area contributed by atoms with Crippen LogP contribution in [0.15, 0.2) is 0 Å². The van der Waals surface area contributed by atoms with Crippen LogP contribution in [0.4, 0.5) is 0 Å². The van der Waals surface area contributed by atoms with Crippen molar-refractivity contribution in [1.82, 2.24) is 0 Å². The van der Waals surface area contributed by atoms with Gasteiger partial charge in [0.1, 0.15) is 8.78 Å². The Kier molecular flexibility index (Phi) is 16.3. The first-order valence-corrected chi connectivity index (χ1v) is 10.8. The van der Waals surface area contributed by atoms with Crippen molar-refractivity contribution in [2.75, 3.05) is 12.9 Å². The minimum absolute atomic E-state index is 0.197. The second-order valence-corrected chi connectivity index (χ2v) is 9.20. The fraction of sp³-hybridized carbons (Fsp3) is 0.882. The third-order valence-corrected chi connectivity index (χ3v) is 6.28. The number of unbranched alkanes of at least 4 members (excludes halogenated alkanes) is 9. The van der Waals surface area contributed by atoms with Crippen LogP contribution in [0, 0.1) is 0 Å². The maximum absolute atomic E-state index is 11.3. The number of hydrogen-bond donors (Lipinski definition) is 0. The SMILES string of the molecule is CCCCCCCCCCCCSC(=S)SC(C)C(=O)OC. The highest BCUT2D eigenvalue weighted by Gasteiger charge is 2.15. The van der Waals surface area contributed by atoms with Crippen LogP contribution >= 0.6 is 35.7 Å². The molecule has 0 aromatic carbocycles. The average Bonchev–Trinajstić information content (AvgIpc) is 2.51. The van der Waals surface area contributed by atoms with E-state index in [1.807, 2.05) is 6.92 Å². The summed E-state index contributed by atoms with van der Waals surface area (Å²) in [6, 6.07) is 0. The molecule has 0 aromatic rings. The molecule has 0 N–H and O–H groups in total. The highest BCUT2D eigenvalue weighted by Crippen LogP contribution is 2.24. The molecule has 1 unspecified atom stereocenters. The Morgan fingerprint density at radius 3 is 2.00 bits per heavy atom. The number of carbonyl (C=O) groups excluding carboxylic acids is 1.